The number of hydrogen-bond donors (Lipinski definition) is 2. The Bertz CT molecular complexity index is 544. The first-order valence-electron chi connectivity index (χ1n) is 8.91. The Morgan fingerprint density at radius 2 is 2.00 bits per heavy atom. The van der Waals surface area contributed by atoms with Crippen LogP contribution in [0.25, 0.3) is 0 Å². The predicted molar refractivity (Wildman–Crippen MR) is 92.3 cm³/mol. The second-order valence-corrected chi connectivity index (χ2v) is 7.52. The molecule has 1 saturated carbocycles. The van der Waals surface area contributed by atoms with Crippen molar-refractivity contribution in [2.45, 2.75) is 43.8 Å². The number of nitrogens with zero attached hydrogens (tertiary/aromatic N) is 1. The Morgan fingerprint density at radius 1 is 1.21 bits per heavy atom. The standard InChI is InChI=1S/C19H29NO4/c1-16-5-4-6-17(11-16)24-15-19(22)13-20(9-10-23-14-19)12-18(21)7-2-3-8-18/h4-6,11,21-22H,2-3,7-10,12-15H2,1H3/t19-/m0/s1. The minimum absolute atomic E-state index is 0.186. The van der Waals surface area contributed by atoms with Crippen LogP contribution in [0, 0.1) is 6.92 Å². The first-order valence-corrected chi connectivity index (χ1v) is 8.91. The van der Waals surface area contributed by atoms with Crippen molar-refractivity contribution < 1.29 is 19.7 Å². The highest BCUT2D eigenvalue weighted by atomic mass is 16.5. The van der Waals surface area contributed by atoms with Crippen molar-refractivity contribution in [2.75, 3.05) is 39.5 Å². The van der Waals surface area contributed by atoms with Crippen LogP contribution in [0.2, 0.25) is 0 Å². The molecule has 3 rings (SSSR count). The average molecular weight is 335 g/mol. The molecule has 0 unspecified atom stereocenters. The van der Waals surface area contributed by atoms with Gasteiger partial charge in [-0.2, -0.15) is 0 Å². The summed E-state index contributed by atoms with van der Waals surface area (Å²) in [6, 6.07) is 7.81. The SMILES string of the molecule is Cc1cccc(OC[C@@]2(O)COCCN(CC3(O)CCCC3)C2)c1. The molecule has 1 saturated heterocycles. The number of aliphatic hydroxyl groups is 2. The molecule has 0 spiro atoms. The minimum atomic E-state index is -1.06. The van der Waals surface area contributed by atoms with E-state index in [1.807, 2.05) is 31.2 Å². The molecule has 24 heavy (non-hydrogen) atoms. The van der Waals surface area contributed by atoms with Crippen molar-refractivity contribution >= 4 is 0 Å². The summed E-state index contributed by atoms with van der Waals surface area (Å²) in [6.07, 6.45) is 3.87. The fourth-order valence-electron chi connectivity index (χ4n) is 3.75. The van der Waals surface area contributed by atoms with Crippen LogP contribution in [-0.4, -0.2) is 65.8 Å². The maximum Gasteiger partial charge on any atom is 0.134 e. The first-order chi connectivity index (χ1) is 11.5. The number of ether oxygens (including phenoxy) is 2. The van der Waals surface area contributed by atoms with Gasteiger partial charge in [0, 0.05) is 19.6 Å². The molecular weight excluding hydrogens is 306 g/mol. The van der Waals surface area contributed by atoms with Crippen LogP contribution in [-0.2, 0) is 4.74 Å². The summed E-state index contributed by atoms with van der Waals surface area (Å²) in [5.41, 5.74) is -0.542. The van der Waals surface area contributed by atoms with Crippen LogP contribution in [0.5, 0.6) is 5.75 Å². The predicted octanol–water partition coefficient (Wildman–Crippen LogP) is 1.74. The summed E-state index contributed by atoms with van der Waals surface area (Å²) < 4.78 is 11.4. The van der Waals surface area contributed by atoms with Crippen molar-refractivity contribution in [1.82, 2.24) is 4.90 Å². The molecule has 1 aliphatic carbocycles. The molecule has 0 bridgehead atoms. The summed E-state index contributed by atoms with van der Waals surface area (Å²) >= 11 is 0. The van der Waals surface area contributed by atoms with Crippen molar-refractivity contribution in [1.29, 1.82) is 0 Å². The molecule has 1 aromatic rings. The number of aryl methyl sites for hydroxylation is 1. The Labute approximate surface area is 144 Å². The van der Waals surface area contributed by atoms with Gasteiger partial charge in [0.25, 0.3) is 0 Å². The molecule has 5 nitrogen and oxygen atoms in total. The molecule has 0 amide bonds. The minimum Gasteiger partial charge on any atom is -0.490 e. The Hall–Kier alpha value is -1.14. The zero-order chi connectivity index (χ0) is 17.0. The fraction of sp³-hybridized carbons (Fsp3) is 0.684. The van der Waals surface area contributed by atoms with Gasteiger partial charge in [0.15, 0.2) is 0 Å². The van der Waals surface area contributed by atoms with Gasteiger partial charge in [-0.3, -0.25) is 4.90 Å². The van der Waals surface area contributed by atoms with Crippen LogP contribution in [0.4, 0.5) is 0 Å². The van der Waals surface area contributed by atoms with E-state index in [0.29, 0.717) is 19.7 Å². The van der Waals surface area contributed by atoms with Crippen LogP contribution >= 0.6 is 0 Å². The fourth-order valence-corrected chi connectivity index (χ4v) is 3.75. The smallest absolute Gasteiger partial charge is 0.134 e. The van der Waals surface area contributed by atoms with E-state index in [9.17, 15) is 10.2 Å². The Morgan fingerprint density at radius 3 is 2.75 bits per heavy atom. The van der Waals surface area contributed by atoms with E-state index in [4.69, 9.17) is 9.47 Å². The number of β-amino-alcohol motifs (C(OH)–C–C–N with tert-alkyl or cyclic N) is 2. The molecule has 5 heteroatoms. The van der Waals surface area contributed by atoms with E-state index in [0.717, 1.165) is 43.5 Å². The third-order valence-corrected chi connectivity index (χ3v) is 4.99. The zero-order valence-electron chi connectivity index (χ0n) is 14.5. The van der Waals surface area contributed by atoms with Crippen molar-refractivity contribution in [3.8, 4) is 5.75 Å². The van der Waals surface area contributed by atoms with Crippen LogP contribution in [0.15, 0.2) is 24.3 Å². The third kappa shape index (κ3) is 4.70. The molecule has 1 heterocycles. The van der Waals surface area contributed by atoms with Crippen LogP contribution in [0.3, 0.4) is 0 Å². The molecule has 134 valence electrons. The van der Waals surface area contributed by atoms with Gasteiger partial charge in [-0.25, -0.2) is 0 Å². The summed E-state index contributed by atoms with van der Waals surface area (Å²) in [6.45, 7) is 4.82. The lowest BCUT2D eigenvalue weighted by atomic mass is 10.00. The summed E-state index contributed by atoms with van der Waals surface area (Å²) in [5.74, 6) is 0.758. The van der Waals surface area contributed by atoms with Gasteiger partial charge in [-0.1, -0.05) is 25.0 Å². The molecule has 2 fully saturated rings. The summed E-state index contributed by atoms with van der Waals surface area (Å²) in [5, 5.41) is 21.6. The lowest BCUT2D eigenvalue weighted by molar-refractivity contribution is -0.0712. The van der Waals surface area contributed by atoms with Gasteiger partial charge in [0.1, 0.15) is 18.0 Å². The largest absolute Gasteiger partial charge is 0.490 e. The highest BCUT2D eigenvalue weighted by Gasteiger charge is 2.38. The Balaban J connectivity index is 1.60. The van der Waals surface area contributed by atoms with Gasteiger partial charge in [-0.05, 0) is 37.5 Å². The highest BCUT2D eigenvalue weighted by Crippen LogP contribution is 2.31. The molecule has 0 radical (unpaired) electrons. The molecule has 1 atom stereocenters. The van der Waals surface area contributed by atoms with Gasteiger partial charge in [0.05, 0.1) is 18.8 Å². The lowest BCUT2D eigenvalue weighted by Crippen LogP contribution is -2.52. The van der Waals surface area contributed by atoms with E-state index >= 15 is 0 Å². The first kappa shape index (κ1) is 17.7. The maximum absolute atomic E-state index is 10.9. The number of benzene rings is 1. The molecule has 1 aliphatic heterocycles. The quantitative estimate of drug-likeness (QED) is 0.858. The summed E-state index contributed by atoms with van der Waals surface area (Å²) in [4.78, 5) is 2.12. The van der Waals surface area contributed by atoms with E-state index in [2.05, 4.69) is 4.90 Å². The van der Waals surface area contributed by atoms with E-state index in [-0.39, 0.29) is 13.2 Å². The molecular formula is C19H29NO4. The van der Waals surface area contributed by atoms with Crippen molar-refractivity contribution in [3.63, 3.8) is 0 Å². The second kappa shape index (κ2) is 7.40. The van der Waals surface area contributed by atoms with E-state index in [1.165, 1.54) is 0 Å². The van der Waals surface area contributed by atoms with Gasteiger partial charge >= 0.3 is 0 Å². The Kier molecular flexibility index (Phi) is 5.45. The van der Waals surface area contributed by atoms with E-state index in [1.54, 1.807) is 0 Å². The van der Waals surface area contributed by atoms with Gasteiger partial charge < -0.3 is 19.7 Å². The normalized spacial score (nSPS) is 27.8. The molecule has 0 aromatic heterocycles. The summed E-state index contributed by atoms with van der Waals surface area (Å²) in [7, 11) is 0. The monoisotopic (exact) mass is 335 g/mol. The topological polar surface area (TPSA) is 62.2 Å². The van der Waals surface area contributed by atoms with E-state index < -0.39 is 11.2 Å². The van der Waals surface area contributed by atoms with Gasteiger partial charge in [0.2, 0.25) is 0 Å². The molecule has 2 aliphatic rings. The van der Waals surface area contributed by atoms with Crippen LogP contribution in [0.1, 0.15) is 31.2 Å². The molecule has 1 aromatic carbocycles. The average Bonchev–Trinajstić information content (AvgIpc) is 2.87. The molecule has 2 N–H and O–H groups in total. The highest BCUT2D eigenvalue weighted by molar-refractivity contribution is 5.27. The zero-order valence-corrected chi connectivity index (χ0v) is 14.5. The number of hydrogen-bond acceptors (Lipinski definition) is 5. The van der Waals surface area contributed by atoms with Crippen molar-refractivity contribution in [2.24, 2.45) is 0 Å². The maximum atomic E-state index is 10.9. The van der Waals surface area contributed by atoms with Gasteiger partial charge in [-0.15, -0.1) is 0 Å². The third-order valence-electron chi connectivity index (χ3n) is 4.99. The van der Waals surface area contributed by atoms with Crippen molar-refractivity contribution in [3.05, 3.63) is 29.8 Å². The van der Waals surface area contributed by atoms with Crippen LogP contribution < -0.4 is 4.74 Å². The lowest BCUT2D eigenvalue weighted by Gasteiger charge is -2.34. The number of rotatable bonds is 5. The second-order valence-electron chi connectivity index (χ2n) is 7.52.